The van der Waals surface area contributed by atoms with Crippen LogP contribution < -0.4 is 5.32 Å². The third kappa shape index (κ3) is 2.58. The molecular weight excluding hydrogens is 317 g/mol. The Morgan fingerprint density at radius 2 is 2.28 bits per heavy atom. The number of hydrogen-bond donors (Lipinski definition) is 2. The van der Waals surface area contributed by atoms with Crippen LogP contribution in [0.25, 0.3) is 16.5 Å². The predicted octanol–water partition coefficient (Wildman–Crippen LogP) is 3.09. The van der Waals surface area contributed by atoms with Gasteiger partial charge in [0, 0.05) is 35.1 Å². The van der Waals surface area contributed by atoms with Gasteiger partial charge in [0.2, 0.25) is 5.91 Å². The highest BCUT2D eigenvalue weighted by atomic mass is 19.1. The summed E-state index contributed by atoms with van der Waals surface area (Å²) in [6, 6.07) is 6.19. The van der Waals surface area contributed by atoms with Crippen LogP contribution in [0.4, 0.5) is 4.39 Å². The number of rotatable bonds is 3. The maximum Gasteiger partial charge on any atom is 0.228 e. The minimum absolute atomic E-state index is 0.0744. The number of fused-ring (bicyclic) bond motifs is 2. The SMILES string of the molecule is CCC(C)NC(=O)[C@@H]1C=C2c3cccc4[nH]c(F)c(c34)C[C@H]2N(C)C1. The van der Waals surface area contributed by atoms with Crippen molar-refractivity contribution in [1.29, 1.82) is 0 Å². The monoisotopic (exact) mass is 341 g/mol. The number of aromatic nitrogens is 1. The number of nitrogens with one attached hydrogen (secondary N) is 2. The van der Waals surface area contributed by atoms with Gasteiger partial charge in [0.25, 0.3) is 0 Å². The third-order valence-corrected chi connectivity index (χ3v) is 5.68. The number of carbonyl (C=O) groups is 1. The van der Waals surface area contributed by atoms with Crippen LogP contribution in [0, 0.1) is 11.9 Å². The molecule has 1 aliphatic carbocycles. The Balaban J connectivity index is 1.78. The Morgan fingerprint density at radius 3 is 3.04 bits per heavy atom. The highest BCUT2D eigenvalue weighted by Gasteiger charge is 2.36. The minimum atomic E-state index is -0.230. The summed E-state index contributed by atoms with van der Waals surface area (Å²) in [6.45, 7) is 4.75. The van der Waals surface area contributed by atoms with Gasteiger partial charge < -0.3 is 10.3 Å². The molecule has 25 heavy (non-hydrogen) atoms. The van der Waals surface area contributed by atoms with Gasteiger partial charge in [-0.2, -0.15) is 4.39 Å². The van der Waals surface area contributed by atoms with Crippen LogP contribution in [0.2, 0.25) is 0 Å². The summed E-state index contributed by atoms with van der Waals surface area (Å²) in [5.74, 6) is -0.331. The van der Waals surface area contributed by atoms with Crippen LogP contribution in [0.15, 0.2) is 24.3 Å². The van der Waals surface area contributed by atoms with Crippen molar-refractivity contribution in [1.82, 2.24) is 15.2 Å². The summed E-state index contributed by atoms with van der Waals surface area (Å²) < 4.78 is 14.3. The van der Waals surface area contributed by atoms with Gasteiger partial charge in [-0.15, -0.1) is 0 Å². The first-order valence-electron chi connectivity index (χ1n) is 9.01. The van der Waals surface area contributed by atoms with Crippen molar-refractivity contribution in [3.63, 3.8) is 0 Å². The van der Waals surface area contributed by atoms with Gasteiger partial charge >= 0.3 is 0 Å². The Labute approximate surface area is 147 Å². The number of H-pyrrole nitrogens is 1. The molecule has 0 saturated carbocycles. The fraction of sp³-hybridized carbons (Fsp3) is 0.450. The first kappa shape index (κ1) is 16.3. The minimum Gasteiger partial charge on any atom is -0.353 e. The van der Waals surface area contributed by atoms with Crippen molar-refractivity contribution in [2.45, 2.75) is 38.8 Å². The molecule has 1 unspecified atom stereocenters. The molecule has 2 aromatic rings. The summed E-state index contributed by atoms with van der Waals surface area (Å²) in [5.41, 5.74) is 3.80. The summed E-state index contributed by atoms with van der Waals surface area (Å²) in [4.78, 5) is 17.7. The molecule has 2 aliphatic rings. The summed E-state index contributed by atoms with van der Waals surface area (Å²) in [7, 11) is 2.02. The van der Waals surface area contributed by atoms with Crippen LogP contribution >= 0.6 is 0 Å². The molecule has 4 nitrogen and oxygen atoms in total. The van der Waals surface area contributed by atoms with Crippen molar-refractivity contribution in [2.75, 3.05) is 13.6 Å². The second-order valence-electron chi connectivity index (χ2n) is 7.35. The first-order valence-corrected chi connectivity index (χ1v) is 9.01. The molecule has 1 amide bonds. The van der Waals surface area contributed by atoms with Gasteiger partial charge in [0.15, 0.2) is 5.95 Å². The number of benzene rings is 1. The van der Waals surface area contributed by atoms with Gasteiger partial charge in [-0.05, 0) is 44.0 Å². The maximum absolute atomic E-state index is 14.3. The second kappa shape index (κ2) is 5.99. The number of carbonyl (C=O) groups excluding carboxylic acids is 1. The van der Waals surface area contributed by atoms with Crippen molar-refractivity contribution < 1.29 is 9.18 Å². The fourth-order valence-electron chi connectivity index (χ4n) is 4.11. The van der Waals surface area contributed by atoms with E-state index in [1.165, 1.54) is 0 Å². The van der Waals surface area contributed by atoms with E-state index in [4.69, 9.17) is 0 Å². The largest absolute Gasteiger partial charge is 0.353 e. The predicted molar refractivity (Wildman–Crippen MR) is 97.7 cm³/mol. The zero-order valence-corrected chi connectivity index (χ0v) is 14.9. The van der Waals surface area contributed by atoms with E-state index in [1.54, 1.807) is 0 Å². The van der Waals surface area contributed by atoms with Crippen molar-refractivity contribution in [2.24, 2.45) is 5.92 Å². The van der Waals surface area contributed by atoms with E-state index in [0.717, 1.165) is 34.0 Å². The zero-order valence-electron chi connectivity index (χ0n) is 14.9. The van der Waals surface area contributed by atoms with E-state index in [-0.39, 0.29) is 29.9 Å². The average Bonchev–Trinajstić information content (AvgIpc) is 2.92. The molecule has 0 saturated heterocycles. The standard InChI is InChI=1S/C20H24FN3O/c1-4-11(2)22-20(25)12-8-14-13-6-5-7-16-18(13)15(19(21)23-16)9-17(14)24(3)10-12/h5-8,11-12,17,23H,4,9-10H2,1-3H3,(H,22,25)/t11?,12-,17-/m1/s1. The average molecular weight is 341 g/mol. The van der Waals surface area contributed by atoms with Gasteiger partial charge in [0.05, 0.1) is 5.92 Å². The molecule has 0 spiro atoms. The first-order chi connectivity index (χ1) is 12.0. The third-order valence-electron chi connectivity index (χ3n) is 5.68. The lowest BCUT2D eigenvalue weighted by Gasteiger charge is -2.39. The Hall–Kier alpha value is -2.14. The maximum atomic E-state index is 14.3. The van der Waals surface area contributed by atoms with Crippen LogP contribution in [-0.4, -0.2) is 41.5 Å². The zero-order chi connectivity index (χ0) is 17.7. The van der Waals surface area contributed by atoms with Crippen molar-refractivity contribution >= 4 is 22.4 Å². The molecule has 2 heterocycles. The van der Waals surface area contributed by atoms with E-state index in [0.29, 0.717) is 13.0 Å². The molecule has 3 atom stereocenters. The number of aromatic amines is 1. The van der Waals surface area contributed by atoms with E-state index in [9.17, 15) is 9.18 Å². The number of hydrogen-bond acceptors (Lipinski definition) is 2. The highest BCUT2D eigenvalue weighted by Crippen LogP contribution is 2.41. The molecule has 0 bridgehead atoms. The van der Waals surface area contributed by atoms with Crippen LogP contribution in [0.1, 0.15) is 31.4 Å². The van der Waals surface area contributed by atoms with Crippen molar-refractivity contribution in [3.8, 4) is 0 Å². The number of amides is 1. The molecule has 1 aliphatic heterocycles. The van der Waals surface area contributed by atoms with Gasteiger partial charge in [0.1, 0.15) is 0 Å². The number of halogens is 1. The lowest BCUT2D eigenvalue weighted by Crippen LogP contribution is -2.47. The smallest absolute Gasteiger partial charge is 0.228 e. The summed E-state index contributed by atoms with van der Waals surface area (Å²) in [6.07, 6.45) is 3.66. The molecular formula is C20H24FN3O. The van der Waals surface area contributed by atoms with Crippen LogP contribution in [-0.2, 0) is 11.2 Å². The molecule has 1 aromatic heterocycles. The topological polar surface area (TPSA) is 48.1 Å². The Bertz CT molecular complexity index is 869. The van der Waals surface area contributed by atoms with Gasteiger partial charge in [-0.25, -0.2) is 0 Å². The van der Waals surface area contributed by atoms with E-state index < -0.39 is 0 Å². The molecule has 132 valence electrons. The molecule has 0 fully saturated rings. The Kier molecular flexibility index (Phi) is 3.91. The lowest BCUT2D eigenvalue weighted by molar-refractivity contribution is -0.124. The van der Waals surface area contributed by atoms with Gasteiger partial charge in [-0.1, -0.05) is 25.1 Å². The molecule has 4 rings (SSSR count). The lowest BCUT2D eigenvalue weighted by atomic mass is 9.79. The summed E-state index contributed by atoms with van der Waals surface area (Å²) in [5, 5.41) is 4.06. The normalized spacial score (nSPS) is 23.9. The summed E-state index contributed by atoms with van der Waals surface area (Å²) >= 11 is 0. The number of likely N-dealkylation sites (N-methyl/N-ethyl adjacent to an activating group) is 1. The van der Waals surface area contributed by atoms with E-state index in [2.05, 4.69) is 28.2 Å². The fourth-order valence-corrected chi connectivity index (χ4v) is 4.11. The second-order valence-corrected chi connectivity index (χ2v) is 7.35. The van der Waals surface area contributed by atoms with E-state index >= 15 is 0 Å². The van der Waals surface area contributed by atoms with E-state index in [1.807, 2.05) is 32.2 Å². The molecule has 2 N–H and O–H groups in total. The van der Waals surface area contributed by atoms with Crippen LogP contribution in [0.3, 0.4) is 0 Å². The molecule has 0 radical (unpaired) electrons. The Morgan fingerprint density at radius 1 is 1.48 bits per heavy atom. The number of nitrogens with zero attached hydrogens (tertiary/aromatic N) is 1. The molecule has 5 heteroatoms. The highest BCUT2D eigenvalue weighted by molar-refractivity contribution is 5.99. The van der Waals surface area contributed by atoms with Gasteiger partial charge in [-0.3, -0.25) is 9.69 Å². The molecule has 1 aromatic carbocycles. The quantitative estimate of drug-likeness (QED) is 0.901. The van der Waals surface area contributed by atoms with Crippen molar-refractivity contribution in [3.05, 3.63) is 41.3 Å². The van der Waals surface area contributed by atoms with Crippen LogP contribution in [0.5, 0.6) is 0 Å².